The van der Waals surface area contributed by atoms with Gasteiger partial charge >= 0.3 is 0 Å². The fourth-order valence-corrected chi connectivity index (χ4v) is 2.99. The summed E-state index contributed by atoms with van der Waals surface area (Å²) in [6.45, 7) is 0. The Morgan fingerprint density at radius 1 is 1.22 bits per heavy atom. The smallest absolute Gasteiger partial charge is 0.145 e. The lowest BCUT2D eigenvalue weighted by Gasteiger charge is -2.32. The second kappa shape index (κ2) is 4.59. The Hall–Kier alpha value is -1.58. The third-order valence-electron chi connectivity index (χ3n) is 4.10. The number of hydrogen-bond acceptors (Lipinski definition) is 3. The first-order valence-corrected chi connectivity index (χ1v) is 6.76. The lowest BCUT2D eigenvalue weighted by atomic mass is 9.94. The number of anilines is 1. The van der Waals surface area contributed by atoms with Crippen molar-refractivity contribution in [2.75, 3.05) is 11.9 Å². The monoisotopic (exact) mass is 244 g/mol. The van der Waals surface area contributed by atoms with Crippen LogP contribution in [0.5, 0.6) is 0 Å². The highest BCUT2D eigenvalue weighted by Gasteiger charge is 2.21. The summed E-state index contributed by atoms with van der Waals surface area (Å²) in [5, 5.41) is 1.16. The van der Waals surface area contributed by atoms with Gasteiger partial charge in [0.2, 0.25) is 0 Å². The summed E-state index contributed by atoms with van der Waals surface area (Å²) in [4.78, 5) is 11.2. The van der Waals surface area contributed by atoms with E-state index in [0.29, 0.717) is 6.04 Å². The van der Waals surface area contributed by atoms with Crippen molar-refractivity contribution in [3.63, 3.8) is 0 Å². The summed E-state index contributed by atoms with van der Waals surface area (Å²) in [5.41, 5.74) is 1.02. The average Bonchev–Trinajstić information content (AvgIpc) is 2.81. The van der Waals surface area contributed by atoms with Crippen molar-refractivity contribution >= 4 is 16.9 Å². The quantitative estimate of drug-likeness (QED) is 0.814. The molecule has 0 spiro atoms. The van der Waals surface area contributed by atoms with E-state index in [1.165, 1.54) is 32.1 Å². The molecule has 0 atom stereocenters. The molecule has 0 aliphatic heterocycles. The first-order chi connectivity index (χ1) is 8.77. The molecule has 2 aromatic heterocycles. The van der Waals surface area contributed by atoms with Crippen molar-refractivity contribution in [2.45, 2.75) is 38.1 Å². The number of aromatic nitrogens is 3. The van der Waals surface area contributed by atoms with Crippen LogP contribution < -0.4 is 4.90 Å². The normalized spacial score (nSPS) is 17.2. The van der Waals surface area contributed by atoms with Crippen molar-refractivity contribution in [3.8, 4) is 0 Å². The molecule has 0 unspecified atom stereocenters. The van der Waals surface area contributed by atoms with Crippen LogP contribution in [0, 0.1) is 0 Å². The first-order valence-electron chi connectivity index (χ1n) is 6.76. The van der Waals surface area contributed by atoms with Crippen LogP contribution in [0.25, 0.3) is 11.0 Å². The molecule has 0 N–H and O–H groups in total. The SMILES string of the molecule is CN(c1ncnc2c1ccn2C)C1CCCCC1. The molecule has 4 heteroatoms. The summed E-state index contributed by atoms with van der Waals surface area (Å²) in [5.74, 6) is 1.08. The summed E-state index contributed by atoms with van der Waals surface area (Å²) in [6, 6.07) is 2.75. The number of rotatable bonds is 2. The third-order valence-corrected chi connectivity index (χ3v) is 4.10. The molecule has 1 fully saturated rings. The van der Waals surface area contributed by atoms with Gasteiger partial charge in [-0.3, -0.25) is 0 Å². The highest BCUT2D eigenvalue weighted by atomic mass is 15.2. The number of hydrogen-bond donors (Lipinski definition) is 0. The van der Waals surface area contributed by atoms with E-state index < -0.39 is 0 Å². The van der Waals surface area contributed by atoms with Gasteiger partial charge in [0, 0.05) is 26.3 Å². The van der Waals surface area contributed by atoms with Crippen molar-refractivity contribution in [2.24, 2.45) is 7.05 Å². The fraction of sp³-hybridized carbons (Fsp3) is 0.571. The lowest BCUT2D eigenvalue weighted by molar-refractivity contribution is 0.426. The minimum absolute atomic E-state index is 0.636. The molecule has 1 saturated carbocycles. The van der Waals surface area contributed by atoms with Crippen LogP contribution in [0.2, 0.25) is 0 Å². The van der Waals surface area contributed by atoms with Gasteiger partial charge in [0.05, 0.1) is 5.39 Å². The predicted molar refractivity (Wildman–Crippen MR) is 73.8 cm³/mol. The minimum Gasteiger partial charge on any atom is -0.356 e. The van der Waals surface area contributed by atoms with Crippen LogP contribution in [-0.2, 0) is 7.05 Å². The zero-order valence-corrected chi connectivity index (χ0v) is 11.1. The largest absolute Gasteiger partial charge is 0.356 e. The van der Waals surface area contributed by atoms with Crippen molar-refractivity contribution in [1.82, 2.24) is 14.5 Å². The zero-order chi connectivity index (χ0) is 12.5. The van der Waals surface area contributed by atoms with E-state index in [1.54, 1.807) is 6.33 Å². The van der Waals surface area contributed by atoms with Crippen LogP contribution in [0.15, 0.2) is 18.6 Å². The van der Waals surface area contributed by atoms with Gasteiger partial charge < -0.3 is 9.47 Å². The highest BCUT2D eigenvalue weighted by Crippen LogP contribution is 2.29. The second-order valence-corrected chi connectivity index (χ2v) is 5.26. The topological polar surface area (TPSA) is 34.0 Å². The molecule has 4 nitrogen and oxygen atoms in total. The standard InChI is InChI=1S/C14H20N4/c1-17-9-8-12-13(17)15-10-16-14(12)18(2)11-6-4-3-5-7-11/h8-11H,3-7H2,1-2H3. The van der Waals surface area contributed by atoms with E-state index in [1.807, 2.05) is 7.05 Å². The van der Waals surface area contributed by atoms with E-state index in [2.05, 4.69) is 38.7 Å². The Bertz CT molecular complexity index is 540. The molecule has 96 valence electrons. The van der Waals surface area contributed by atoms with Gasteiger partial charge in [-0.2, -0.15) is 0 Å². The number of nitrogens with zero attached hydrogens (tertiary/aromatic N) is 4. The van der Waals surface area contributed by atoms with E-state index in [9.17, 15) is 0 Å². The summed E-state index contributed by atoms with van der Waals surface area (Å²) in [7, 11) is 4.20. The molecular formula is C14H20N4. The Labute approximate surface area is 108 Å². The molecule has 18 heavy (non-hydrogen) atoms. The molecule has 0 radical (unpaired) electrons. The lowest BCUT2D eigenvalue weighted by Crippen LogP contribution is -2.34. The average molecular weight is 244 g/mol. The van der Waals surface area contributed by atoms with E-state index >= 15 is 0 Å². The Kier molecular flexibility index (Phi) is 2.94. The number of fused-ring (bicyclic) bond motifs is 1. The molecule has 0 amide bonds. The van der Waals surface area contributed by atoms with E-state index in [0.717, 1.165) is 16.9 Å². The molecule has 2 aromatic rings. The molecule has 3 rings (SSSR count). The fourth-order valence-electron chi connectivity index (χ4n) is 2.99. The van der Waals surface area contributed by atoms with Crippen molar-refractivity contribution in [3.05, 3.63) is 18.6 Å². The first kappa shape index (κ1) is 11.5. The Balaban J connectivity index is 1.97. The molecule has 0 bridgehead atoms. The predicted octanol–water partition coefficient (Wildman–Crippen LogP) is 2.74. The molecule has 1 aliphatic carbocycles. The third kappa shape index (κ3) is 1.85. The minimum atomic E-state index is 0.636. The van der Waals surface area contributed by atoms with Crippen molar-refractivity contribution < 1.29 is 0 Å². The van der Waals surface area contributed by atoms with Crippen LogP contribution >= 0.6 is 0 Å². The van der Waals surface area contributed by atoms with Gasteiger partial charge in [0.25, 0.3) is 0 Å². The molecule has 0 saturated heterocycles. The van der Waals surface area contributed by atoms with Crippen LogP contribution in [-0.4, -0.2) is 27.6 Å². The van der Waals surface area contributed by atoms with Gasteiger partial charge in [0.1, 0.15) is 17.8 Å². The van der Waals surface area contributed by atoms with Crippen molar-refractivity contribution in [1.29, 1.82) is 0 Å². The molecule has 2 heterocycles. The van der Waals surface area contributed by atoms with Crippen LogP contribution in [0.3, 0.4) is 0 Å². The van der Waals surface area contributed by atoms with Gasteiger partial charge in [0.15, 0.2) is 0 Å². The maximum Gasteiger partial charge on any atom is 0.145 e. The maximum atomic E-state index is 4.50. The molecule has 1 aliphatic rings. The Morgan fingerprint density at radius 2 is 2.00 bits per heavy atom. The summed E-state index contributed by atoms with van der Waals surface area (Å²) in [6.07, 6.45) is 10.4. The maximum absolute atomic E-state index is 4.50. The van der Waals surface area contributed by atoms with E-state index in [-0.39, 0.29) is 0 Å². The summed E-state index contributed by atoms with van der Waals surface area (Å²) < 4.78 is 2.05. The van der Waals surface area contributed by atoms with Crippen LogP contribution in [0.1, 0.15) is 32.1 Å². The number of aryl methyl sites for hydroxylation is 1. The van der Waals surface area contributed by atoms with Crippen LogP contribution in [0.4, 0.5) is 5.82 Å². The van der Waals surface area contributed by atoms with Gasteiger partial charge in [-0.25, -0.2) is 9.97 Å². The highest BCUT2D eigenvalue weighted by molar-refractivity contribution is 5.87. The summed E-state index contributed by atoms with van der Waals surface area (Å²) >= 11 is 0. The van der Waals surface area contributed by atoms with Gasteiger partial charge in [-0.1, -0.05) is 19.3 Å². The Morgan fingerprint density at radius 3 is 2.78 bits per heavy atom. The zero-order valence-electron chi connectivity index (χ0n) is 11.1. The molecular weight excluding hydrogens is 224 g/mol. The van der Waals surface area contributed by atoms with E-state index in [4.69, 9.17) is 0 Å². The van der Waals surface area contributed by atoms with Gasteiger partial charge in [-0.05, 0) is 18.9 Å². The second-order valence-electron chi connectivity index (χ2n) is 5.26. The van der Waals surface area contributed by atoms with Gasteiger partial charge in [-0.15, -0.1) is 0 Å². The molecule has 0 aromatic carbocycles.